The third-order valence-corrected chi connectivity index (χ3v) is 5.71. The number of nitrogens with one attached hydrogen (secondary N) is 1. The molecule has 1 amide bonds. The number of carbonyl (C=O) groups excluding carboxylic acids is 1. The maximum Gasteiger partial charge on any atom is 0.249 e. The van der Waals surface area contributed by atoms with E-state index in [2.05, 4.69) is 20.2 Å². The molecule has 0 saturated carbocycles. The molecule has 0 unspecified atom stereocenters. The zero-order chi connectivity index (χ0) is 17.1. The number of hydrogen-bond acceptors (Lipinski definition) is 6. The highest BCUT2D eigenvalue weighted by atomic mass is 32.1. The van der Waals surface area contributed by atoms with Crippen LogP contribution in [0, 0.1) is 0 Å². The van der Waals surface area contributed by atoms with Gasteiger partial charge < -0.3 is 10.1 Å². The lowest BCUT2D eigenvalue weighted by molar-refractivity contribution is -0.144. The van der Waals surface area contributed by atoms with Crippen molar-refractivity contribution in [3.05, 3.63) is 46.7 Å². The third kappa shape index (κ3) is 3.89. The van der Waals surface area contributed by atoms with E-state index < -0.39 is 0 Å². The van der Waals surface area contributed by atoms with Gasteiger partial charge in [0.25, 0.3) is 0 Å². The van der Waals surface area contributed by atoms with Crippen LogP contribution in [0.15, 0.2) is 36.0 Å². The van der Waals surface area contributed by atoms with Crippen LogP contribution in [-0.2, 0) is 22.6 Å². The summed E-state index contributed by atoms with van der Waals surface area (Å²) in [5.41, 5.74) is 0.861. The van der Waals surface area contributed by atoms with Crippen LogP contribution in [0.25, 0.3) is 0 Å². The standard InChI is InChI=1S/C18H22N4O2S/c23-18(21-11-13-3-1-2-7-19-13)16-5-4-14-15(24-16)6-9-22(14)12-17-20-8-10-25-17/h1-3,7-8,10,14-16H,4-6,9,11-12H2,(H,21,23)/t14-,15-,16+/m1/s1. The summed E-state index contributed by atoms with van der Waals surface area (Å²) in [7, 11) is 0. The molecule has 4 rings (SSSR count). The second-order valence-electron chi connectivity index (χ2n) is 6.53. The van der Waals surface area contributed by atoms with Crippen molar-refractivity contribution in [2.24, 2.45) is 0 Å². The highest BCUT2D eigenvalue weighted by Gasteiger charge is 2.41. The number of carbonyl (C=O) groups is 1. The van der Waals surface area contributed by atoms with Gasteiger partial charge in [-0.1, -0.05) is 6.07 Å². The molecule has 6 nitrogen and oxygen atoms in total. The van der Waals surface area contributed by atoms with E-state index in [4.69, 9.17) is 4.74 Å². The Kier molecular flexibility index (Phi) is 5.05. The van der Waals surface area contributed by atoms with Crippen molar-refractivity contribution < 1.29 is 9.53 Å². The fourth-order valence-corrected chi connectivity index (χ4v) is 4.34. The summed E-state index contributed by atoms with van der Waals surface area (Å²) >= 11 is 1.70. The summed E-state index contributed by atoms with van der Waals surface area (Å²) in [5, 5.41) is 6.11. The van der Waals surface area contributed by atoms with Gasteiger partial charge in [0.1, 0.15) is 11.1 Å². The van der Waals surface area contributed by atoms with Crippen LogP contribution in [0.5, 0.6) is 0 Å². The largest absolute Gasteiger partial charge is 0.363 e. The van der Waals surface area contributed by atoms with Crippen molar-refractivity contribution >= 4 is 17.2 Å². The average Bonchev–Trinajstić information content (AvgIpc) is 3.31. The molecule has 25 heavy (non-hydrogen) atoms. The Morgan fingerprint density at radius 1 is 1.28 bits per heavy atom. The maximum absolute atomic E-state index is 12.4. The van der Waals surface area contributed by atoms with Crippen LogP contribution in [0.1, 0.15) is 30.0 Å². The van der Waals surface area contributed by atoms with E-state index in [1.807, 2.05) is 29.8 Å². The lowest BCUT2D eigenvalue weighted by atomic mass is 9.98. The molecule has 2 aliphatic rings. The van der Waals surface area contributed by atoms with Crippen molar-refractivity contribution in [2.75, 3.05) is 6.54 Å². The number of thiazole rings is 1. The van der Waals surface area contributed by atoms with Crippen LogP contribution in [0.2, 0.25) is 0 Å². The van der Waals surface area contributed by atoms with Crippen molar-refractivity contribution in [1.82, 2.24) is 20.2 Å². The molecule has 0 bridgehead atoms. The summed E-state index contributed by atoms with van der Waals surface area (Å²) in [4.78, 5) is 23.5. The number of aromatic nitrogens is 2. The topological polar surface area (TPSA) is 67.4 Å². The molecule has 0 spiro atoms. The minimum atomic E-state index is -0.343. The number of fused-ring (bicyclic) bond motifs is 1. The molecule has 0 aromatic carbocycles. The van der Waals surface area contributed by atoms with E-state index in [1.165, 1.54) is 0 Å². The number of nitrogens with zero attached hydrogens (tertiary/aromatic N) is 3. The monoisotopic (exact) mass is 358 g/mol. The van der Waals surface area contributed by atoms with Crippen molar-refractivity contribution in [2.45, 2.75) is 50.6 Å². The first-order valence-corrected chi connectivity index (χ1v) is 9.63. The number of pyridine rings is 1. The second kappa shape index (κ2) is 7.59. The van der Waals surface area contributed by atoms with E-state index in [0.29, 0.717) is 12.6 Å². The zero-order valence-electron chi connectivity index (χ0n) is 14.0. The molecule has 2 aromatic rings. The first-order valence-electron chi connectivity index (χ1n) is 8.75. The molecule has 3 atom stereocenters. The Bertz CT molecular complexity index is 694. The molecule has 2 fully saturated rings. The summed E-state index contributed by atoms with van der Waals surface area (Å²) in [6, 6.07) is 6.11. The Balaban J connectivity index is 1.29. The van der Waals surface area contributed by atoms with Gasteiger partial charge in [0.05, 0.1) is 24.9 Å². The lowest BCUT2D eigenvalue weighted by Gasteiger charge is -2.35. The third-order valence-electron chi connectivity index (χ3n) is 4.95. The van der Waals surface area contributed by atoms with Gasteiger partial charge in [-0.2, -0.15) is 0 Å². The van der Waals surface area contributed by atoms with Crippen LogP contribution in [-0.4, -0.2) is 45.6 Å². The molecule has 1 N–H and O–H groups in total. The van der Waals surface area contributed by atoms with Gasteiger partial charge in [0, 0.05) is 30.4 Å². The molecule has 0 aliphatic carbocycles. The normalized spacial score (nSPS) is 26.3. The number of amides is 1. The fraction of sp³-hybridized carbons (Fsp3) is 0.500. The lowest BCUT2D eigenvalue weighted by Crippen LogP contribution is -2.47. The van der Waals surface area contributed by atoms with Crippen LogP contribution < -0.4 is 5.32 Å². The van der Waals surface area contributed by atoms with E-state index in [1.54, 1.807) is 17.5 Å². The molecule has 7 heteroatoms. The van der Waals surface area contributed by atoms with Gasteiger partial charge in [-0.25, -0.2) is 4.98 Å². The summed E-state index contributed by atoms with van der Waals surface area (Å²) in [6.45, 7) is 2.35. The number of ether oxygens (including phenoxy) is 1. The van der Waals surface area contributed by atoms with Crippen molar-refractivity contribution in [3.63, 3.8) is 0 Å². The van der Waals surface area contributed by atoms with E-state index in [0.717, 1.165) is 43.1 Å². The van der Waals surface area contributed by atoms with E-state index in [9.17, 15) is 4.79 Å². The van der Waals surface area contributed by atoms with Gasteiger partial charge in [0.15, 0.2) is 0 Å². The van der Waals surface area contributed by atoms with Crippen LogP contribution in [0.4, 0.5) is 0 Å². The van der Waals surface area contributed by atoms with Crippen molar-refractivity contribution in [1.29, 1.82) is 0 Å². The first kappa shape index (κ1) is 16.6. The predicted octanol–water partition coefficient (Wildman–Crippen LogP) is 1.98. The molecule has 132 valence electrons. The molecule has 2 aromatic heterocycles. The summed E-state index contributed by atoms with van der Waals surface area (Å²) < 4.78 is 6.12. The SMILES string of the molecule is O=C(NCc1ccccn1)[C@@H]1CC[C@@H]2[C@@H](CCN2Cc2nccs2)O1. The zero-order valence-corrected chi connectivity index (χ0v) is 14.8. The van der Waals surface area contributed by atoms with Gasteiger partial charge in [-0.05, 0) is 31.4 Å². The Hall–Kier alpha value is -1.83. The van der Waals surface area contributed by atoms with Crippen LogP contribution in [0.3, 0.4) is 0 Å². The smallest absolute Gasteiger partial charge is 0.249 e. The van der Waals surface area contributed by atoms with Gasteiger partial charge in [-0.3, -0.25) is 14.7 Å². The molecular weight excluding hydrogens is 336 g/mol. The number of likely N-dealkylation sites (tertiary alicyclic amines) is 1. The number of hydrogen-bond donors (Lipinski definition) is 1. The molecule has 2 saturated heterocycles. The Morgan fingerprint density at radius 2 is 2.24 bits per heavy atom. The highest BCUT2D eigenvalue weighted by molar-refractivity contribution is 7.09. The van der Waals surface area contributed by atoms with Gasteiger partial charge in [-0.15, -0.1) is 11.3 Å². The van der Waals surface area contributed by atoms with Crippen LogP contribution >= 0.6 is 11.3 Å². The fourth-order valence-electron chi connectivity index (χ4n) is 3.70. The Labute approximate surface area is 151 Å². The minimum absolute atomic E-state index is 0.0255. The van der Waals surface area contributed by atoms with Crippen molar-refractivity contribution in [3.8, 4) is 0 Å². The first-order chi connectivity index (χ1) is 12.3. The average molecular weight is 358 g/mol. The number of rotatable bonds is 5. The van der Waals surface area contributed by atoms with Gasteiger partial charge >= 0.3 is 0 Å². The second-order valence-corrected chi connectivity index (χ2v) is 7.51. The highest BCUT2D eigenvalue weighted by Crippen LogP contribution is 2.32. The van der Waals surface area contributed by atoms with Gasteiger partial charge in [0.2, 0.25) is 5.91 Å². The maximum atomic E-state index is 12.4. The quantitative estimate of drug-likeness (QED) is 0.885. The molecular formula is C18H22N4O2S. The molecule has 2 aliphatic heterocycles. The molecule has 0 radical (unpaired) electrons. The van der Waals surface area contributed by atoms with E-state index in [-0.39, 0.29) is 18.1 Å². The van der Waals surface area contributed by atoms with E-state index >= 15 is 0 Å². The summed E-state index contributed by atoms with van der Waals surface area (Å²) in [6.07, 6.45) is 6.15. The predicted molar refractivity (Wildman–Crippen MR) is 94.9 cm³/mol. The summed E-state index contributed by atoms with van der Waals surface area (Å²) in [5.74, 6) is -0.0255. The minimum Gasteiger partial charge on any atom is -0.363 e. The molecule has 4 heterocycles. The Morgan fingerprint density at radius 3 is 3.04 bits per heavy atom.